The van der Waals surface area contributed by atoms with Crippen molar-refractivity contribution in [1.29, 1.82) is 0 Å². The van der Waals surface area contributed by atoms with Gasteiger partial charge in [-0.05, 0) is 57.5 Å². The second-order valence-electron chi connectivity index (χ2n) is 7.53. The molecule has 1 N–H and O–H groups in total. The number of carbonyl (C=O) groups is 1. The van der Waals surface area contributed by atoms with E-state index < -0.39 is 0 Å². The van der Waals surface area contributed by atoms with E-state index in [4.69, 9.17) is 4.74 Å². The molecule has 132 valence electrons. The number of hydrogen-bond acceptors (Lipinski definition) is 4. The molecule has 0 amide bonds. The lowest BCUT2D eigenvalue weighted by Gasteiger charge is -2.42. The third-order valence-corrected chi connectivity index (χ3v) is 4.21. The Labute approximate surface area is 149 Å². The molecule has 0 bridgehead atoms. The third kappa shape index (κ3) is 4.13. The highest BCUT2D eigenvalue weighted by atomic mass is 16.5. The maximum Gasteiger partial charge on any atom is 0.338 e. The van der Waals surface area contributed by atoms with Crippen molar-refractivity contribution in [2.24, 2.45) is 0 Å². The summed E-state index contributed by atoms with van der Waals surface area (Å²) in [6.45, 7) is 9.86. The topological polar surface area (TPSA) is 41.6 Å². The van der Waals surface area contributed by atoms with E-state index in [1.807, 2.05) is 38.1 Å². The molecule has 0 atom stereocenters. The lowest BCUT2D eigenvalue weighted by Crippen LogP contribution is -2.48. The first-order valence-corrected chi connectivity index (χ1v) is 8.76. The van der Waals surface area contributed by atoms with E-state index in [1.54, 1.807) is 0 Å². The molecule has 1 aliphatic rings. The monoisotopic (exact) mass is 338 g/mol. The fourth-order valence-electron chi connectivity index (χ4n) is 3.21. The van der Waals surface area contributed by atoms with Gasteiger partial charge < -0.3 is 15.0 Å². The van der Waals surface area contributed by atoms with Gasteiger partial charge in [-0.3, -0.25) is 0 Å². The van der Waals surface area contributed by atoms with Gasteiger partial charge in [0.2, 0.25) is 0 Å². The number of fused-ring (bicyclic) bond motifs is 1. The molecular weight excluding hydrogens is 312 g/mol. The fraction of sp³-hybridized carbons (Fsp3) is 0.381. The molecule has 0 radical (unpaired) electrons. The number of hydrogen-bond donors (Lipinski definition) is 1. The molecule has 0 saturated heterocycles. The Morgan fingerprint density at radius 3 is 2.52 bits per heavy atom. The quantitative estimate of drug-likeness (QED) is 0.836. The Balaban J connectivity index is 1.77. The summed E-state index contributed by atoms with van der Waals surface area (Å²) in [6.07, 6.45) is -0.105. The maximum absolute atomic E-state index is 12.0. The minimum absolute atomic E-state index is 0.00929. The molecule has 0 spiro atoms. The molecular formula is C21H26N2O2. The predicted molar refractivity (Wildman–Crippen MR) is 102 cm³/mol. The minimum atomic E-state index is -0.268. The summed E-state index contributed by atoms with van der Waals surface area (Å²) >= 11 is 0. The summed E-state index contributed by atoms with van der Waals surface area (Å²) < 4.78 is 5.24. The zero-order valence-electron chi connectivity index (χ0n) is 15.4. The smallest absolute Gasteiger partial charge is 0.338 e. The molecule has 0 aliphatic carbocycles. The van der Waals surface area contributed by atoms with E-state index in [1.165, 1.54) is 11.3 Å². The Morgan fingerprint density at radius 2 is 1.84 bits per heavy atom. The fourth-order valence-corrected chi connectivity index (χ4v) is 3.21. The van der Waals surface area contributed by atoms with Crippen LogP contribution in [0.4, 0.5) is 11.4 Å². The van der Waals surface area contributed by atoms with Crippen molar-refractivity contribution in [2.75, 3.05) is 16.8 Å². The van der Waals surface area contributed by atoms with Crippen LogP contribution in [0.1, 0.15) is 43.6 Å². The molecule has 4 heteroatoms. The van der Waals surface area contributed by atoms with Crippen LogP contribution in [-0.4, -0.2) is 24.2 Å². The summed E-state index contributed by atoms with van der Waals surface area (Å²) in [5.74, 6) is -0.268. The van der Waals surface area contributed by atoms with Crippen molar-refractivity contribution in [3.05, 3.63) is 59.7 Å². The van der Waals surface area contributed by atoms with Crippen molar-refractivity contribution >= 4 is 17.3 Å². The first-order chi connectivity index (χ1) is 11.8. The lowest BCUT2D eigenvalue weighted by atomic mass is 9.98. The van der Waals surface area contributed by atoms with Crippen molar-refractivity contribution in [3.8, 4) is 0 Å². The van der Waals surface area contributed by atoms with Gasteiger partial charge in [-0.25, -0.2) is 4.79 Å². The molecule has 4 nitrogen and oxygen atoms in total. The average Bonchev–Trinajstić information content (AvgIpc) is 2.54. The lowest BCUT2D eigenvalue weighted by molar-refractivity contribution is 0.0378. The molecule has 0 unspecified atom stereocenters. The van der Waals surface area contributed by atoms with Gasteiger partial charge in [0.1, 0.15) is 0 Å². The number of anilines is 2. The highest BCUT2D eigenvalue weighted by molar-refractivity contribution is 5.89. The van der Waals surface area contributed by atoms with Crippen LogP contribution in [0.5, 0.6) is 0 Å². The van der Waals surface area contributed by atoms with E-state index in [2.05, 4.69) is 48.3 Å². The number of para-hydroxylation sites is 2. The first-order valence-electron chi connectivity index (χ1n) is 8.76. The van der Waals surface area contributed by atoms with E-state index in [-0.39, 0.29) is 17.6 Å². The van der Waals surface area contributed by atoms with Crippen LogP contribution in [0.2, 0.25) is 0 Å². The van der Waals surface area contributed by atoms with Gasteiger partial charge in [0, 0.05) is 18.6 Å². The molecule has 0 fully saturated rings. The van der Waals surface area contributed by atoms with Crippen LogP contribution in [0, 0.1) is 0 Å². The van der Waals surface area contributed by atoms with E-state index in [9.17, 15) is 4.79 Å². The molecule has 2 aromatic carbocycles. The number of nitrogens with one attached hydrogen (secondary N) is 1. The van der Waals surface area contributed by atoms with Gasteiger partial charge in [0.15, 0.2) is 0 Å². The van der Waals surface area contributed by atoms with Crippen molar-refractivity contribution in [3.63, 3.8) is 0 Å². The Kier molecular flexibility index (Phi) is 4.71. The number of nitrogens with zero attached hydrogens (tertiary/aromatic N) is 1. The molecule has 0 saturated carbocycles. The van der Waals surface area contributed by atoms with Crippen LogP contribution < -0.4 is 10.2 Å². The number of esters is 1. The molecule has 25 heavy (non-hydrogen) atoms. The number of ether oxygens (including phenoxy) is 1. The first kappa shape index (κ1) is 17.3. The Bertz CT molecular complexity index is 751. The van der Waals surface area contributed by atoms with Gasteiger partial charge >= 0.3 is 5.97 Å². The third-order valence-electron chi connectivity index (χ3n) is 4.21. The predicted octanol–water partition coefficient (Wildman–Crippen LogP) is 4.46. The van der Waals surface area contributed by atoms with Crippen LogP contribution >= 0.6 is 0 Å². The number of carbonyl (C=O) groups excluding carboxylic acids is 1. The van der Waals surface area contributed by atoms with Crippen molar-refractivity contribution in [1.82, 2.24) is 0 Å². The van der Waals surface area contributed by atoms with Crippen molar-refractivity contribution in [2.45, 2.75) is 45.9 Å². The second-order valence-corrected chi connectivity index (χ2v) is 7.53. The summed E-state index contributed by atoms with van der Waals surface area (Å²) in [6, 6.07) is 16.1. The molecule has 2 aromatic rings. The van der Waals surface area contributed by atoms with Gasteiger partial charge in [0.05, 0.1) is 23.0 Å². The van der Waals surface area contributed by atoms with Crippen molar-refractivity contribution < 1.29 is 9.53 Å². The van der Waals surface area contributed by atoms with Crippen LogP contribution in [0.3, 0.4) is 0 Å². The SMILES string of the molecule is CC(C)OC(=O)c1ccc(CN2CC(C)(C)Nc3ccccc32)cc1. The molecule has 1 aliphatic heterocycles. The summed E-state index contributed by atoms with van der Waals surface area (Å²) in [5, 5.41) is 3.59. The number of rotatable bonds is 4. The van der Waals surface area contributed by atoms with E-state index in [0.717, 1.165) is 18.8 Å². The molecule has 1 heterocycles. The van der Waals surface area contributed by atoms with Crippen LogP contribution in [0.15, 0.2) is 48.5 Å². The summed E-state index contributed by atoms with van der Waals surface area (Å²) in [7, 11) is 0. The van der Waals surface area contributed by atoms with E-state index >= 15 is 0 Å². The molecule has 3 rings (SSSR count). The minimum Gasteiger partial charge on any atom is -0.459 e. The summed E-state index contributed by atoms with van der Waals surface area (Å²) in [4.78, 5) is 14.3. The van der Waals surface area contributed by atoms with Gasteiger partial charge in [0.25, 0.3) is 0 Å². The number of benzene rings is 2. The Hall–Kier alpha value is -2.49. The van der Waals surface area contributed by atoms with E-state index in [0.29, 0.717) is 5.56 Å². The van der Waals surface area contributed by atoms with Gasteiger partial charge in [-0.2, -0.15) is 0 Å². The zero-order chi connectivity index (χ0) is 18.0. The van der Waals surface area contributed by atoms with Gasteiger partial charge in [-0.1, -0.05) is 24.3 Å². The average molecular weight is 338 g/mol. The Morgan fingerprint density at radius 1 is 1.16 bits per heavy atom. The van der Waals surface area contributed by atoms with Crippen LogP contribution in [-0.2, 0) is 11.3 Å². The highest BCUT2D eigenvalue weighted by Crippen LogP contribution is 2.35. The standard InChI is InChI=1S/C21H26N2O2/c1-15(2)25-20(24)17-11-9-16(10-12-17)13-23-14-21(3,4)22-18-7-5-6-8-19(18)23/h5-12,15,22H,13-14H2,1-4H3. The molecule has 0 aromatic heterocycles. The summed E-state index contributed by atoms with van der Waals surface area (Å²) in [5.41, 5.74) is 4.16. The largest absolute Gasteiger partial charge is 0.459 e. The normalized spacial score (nSPS) is 15.5. The highest BCUT2D eigenvalue weighted by Gasteiger charge is 2.29. The zero-order valence-corrected chi connectivity index (χ0v) is 15.4. The maximum atomic E-state index is 12.0. The second kappa shape index (κ2) is 6.79. The van der Waals surface area contributed by atoms with Crippen LogP contribution in [0.25, 0.3) is 0 Å². The van der Waals surface area contributed by atoms with Gasteiger partial charge in [-0.15, -0.1) is 0 Å².